The quantitative estimate of drug-likeness (QED) is 0.393. The van der Waals surface area contributed by atoms with E-state index >= 15 is 0 Å². The molecular formula is C22H31ClN2O4S. The Balaban J connectivity index is 1.57. The minimum absolute atomic E-state index is 0.00187. The molecule has 0 aromatic heterocycles. The highest BCUT2D eigenvalue weighted by atomic mass is 35.5. The lowest BCUT2D eigenvalue weighted by Gasteiger charge is -2.61. The molecule has 4 saturated carbocycles. The standard InChI is InChI=1S/C22H31ClN2O4S/c1-21(2,29-18-7-5-17(23)6-8-18)20(24)25(28-3)19-15-9-14-10-16(19)13-22(11-14,12-15)30(4,26)27/h5-8,14-16,19,24H,9-13H2,1-4H3. The number of rotatable bonds is 6. The lowest BCUT2D eigenvalue weighted by molar-refractivity contribution is -0.174. The van der Waals surface area contributed by atoms with Gasteiger partial charge in [-0.2, -0.15) is 0 Å². The van der Waals surface area contributed by atoms with Gasteiger partial charge in [-0.1, -0.05) is 11.6 Å². The minimum atomic E-state index is -3.12. The van der Waals surface area contributed by atoms with Crippen molar-refractivity contribution in [3.63, 3.8) is 0 Å². The van der Waals surface area contributed by atoms with Gasteiger partial charge in [0.2, 0.25) is 0 Å². The van der Waals surface area contributed by atoms with Gasteiger partial charge in [0.15, 0.2) is 21.3 Å². The molecule has 4 bridgehead atoms. The first kappa shape index (κ1) is 21.9. The van der Waals surface area contributed by atoms with Crippen molar-refractivity contribution in [3.8, 4) is 5.75 Å². The van der Waals surface area contributed by atoms with E-state index in [4.69, 9.17) is 26.6 Å². The second kappa shape index (κ2) is 7.38. The fourth-order valence-corrected chi connectivity index (χ4v) is 7.93. The van der Waals surface area contributed by atoms with Gasteiger partial charge < -0.3 is 4.74 Å². The Bertz CT molecular complexity index is 915. The third kappa shape index (κ3) is 3.63. The van der Waals surface area contributed by atoms with E-state index in [0.717, 1.165) is 19.3 Å². The molecule has 0 amide bonds. The molecule has 1 aromatic carbocycles. The monoisotopic (exact) mass is 454 g/mol. The number of benzene rings is 1. The number of sulfone groups is 1. The van der Waals surface area contributed by atoms with E-state index in [1.165, 1.54) is 6.26 Å². The Kier molecular flexibility index (Phi) is 5.39. The van der Waals surface area contributed by atoms with Crippen LogP contribution < -0.4 is 4.74 Å². The molecule has 1 N–H and O–H groups in total. The van der Waals surface area contributed by atoms with E-state index in [2.05, 4.69) is 0 Å². The predicted octanol–water partition coefficient (Wildman–Crippen LogP) is 4.33. The molecule has 4 aliphatic carbocycles. The summed E-state index contributed by atoms with van der Waals surface area (Å²) < 4.78 is 30.8. The van der Waals surface area contributed by atoms with Crippen molar-refractivity contribution < 1.29 is 18.0 Å². The van der Waals surface area contributed by atoms with Crippen LogP contribution >= 0.6 is 11.6 Å². The Morgan fingerprint density at radius 2 is 1.73 bits per heavy atom. The van der Waals surface area contributed by atoms with E-state index in [-0.39, 0.29) is 23.7 Å². The largest absolute Gasteiger partial charge is 0.480 e. The van der Waals surface area contributed by atoms with Gasteiger partial charge in [-0.05, 0) is 88.0 Å². The molecule has 1 aromatic rings. The average molecular weight is 455 g/mol. The number of hydrogen-bond donors (Lipinski definition) is 1. The van der Waals surface area contributed by atoms with Gasteiger partial charge in [-0.25, -0.2) is 13.5 Å². The first-order valence-electron chi connectivity index (χ1n) is 10.5. The van der Waals surface area contributed by atoms with Crippen LogP contribution in [0.25, 0.3) is 0 Å². The summed E-state index contributed by atoms with van der Waals surface area (Å²) in [5, 5.41) is 11.2. The predicted molar refractivity (Wildman–Crippen MR) is 118 cm³/mol. The smallest absolute Gasteiger partial charge is 0.165 e. The summed E-state index contributed by atoms with van der Waals surface area (Å²) in [7, 11) is -1.53. The van der Waals surface area contributed by atoms with Crippen molar-refractivity contribution >= 4 is 27.3 Å². The van der Waals surface area contributed by atoms with Gasteiger partial charge in [-0.3, -0.25) is 10.2 Å². The topological polar surface area (TPSA) is 79.7 Å². The van der Waals surface area contributed by atoms with Crippen LogP contribution in [0.1, 0.15) is 46.0 Å². The average Bonchev–Trinajstić information content (AvgIpc) is 2.64. The zero-order valence-electron chi connectivity index (χ0n) is 18.0. The molecule has 166 valence electrons. The van der Waals surface area contributed by atoms with Crippen LogP contribution in [0, 0.1) is 23.2 Å². The zero-order chi connectivity index (χ0) is 21.9. The fraction of sp³-hybridized carbons (Fsp3) is 0.682. The van der Waals surface area contributed by atoms with Crippen LogP contribution in [0.15, 0.2) is 24.3 Å². The maximum atomic E-state index is 12.6. The van der Waals surface area contributed by atoms with Crippen molar-refractivity contribution in [1.82, 2.24) is 5.06 Å². The number of nitrogens with zero attached hydrogens (tertiary/aromatic N) is 1. The van der Waals surface area contributed by atoms with E-state index in [1.807, 2.05) is 13.8 Å². The molecule has 4 aliphatic rings. The van der Waals surface area contributed by atoms with Gasteiger partial charge in [-0.15, -0.1) is 0 Å². The summed E-state index contributed by atoms with van der Waals surface area (Å²) in [6, 6.07) is 7.09. The van der Waals surface area contributed by atoms with E-state index in [9.17, 15) is 8.42 Å². The summed E-state index contributed by atoms with van der Waals surface area (Å²) in [5.74, 6) is 1.74. The van der Waals surface area contributed by atoms with Crippen molar-refractivity contribution in [2.45, 2.75) is 62.3 Å². The number of ether oxygens (including phenoxy) is 1. The number of hydrogen-bond acceptors (Lipinski definition) is 5. The molecular weight excluding hydrogens is 424 g/mol. The van der Waals surface area contributed by atoms with E-state index in [0.29, 0.717) is 29.5 Å². The number of hydroxylamine groups is 2. The van der Waals surface area contributed by atoms with Gasteiger partial charge in [0.05, 0.1) is 17.9 Å². The molecule has 0 saturated heterocycles. The zero-order valence-corrected chi connectivity index (χ0v) is 19.6. The summed E-state index contributed by atoms with van der Waals surface area (Å²) in [5.41, 5.74) is -0.924. The summed E-state index contributed by atoms with van der Waals surface area (Å²) in [6.07, 6.45) is 5.52. The van der Waals surface area contributed by atoms with Crippen molar-refractivity contribution in [3.05, 3.63) is 29.3 Å². The summed E-state index contributed by atoms with van der Waals surface area (Å²) in [6.45, 7) is 3.70. The van der Waals surface area contributed by atoms with Crippen LogP contribution in [-0.2, 0) is 14.7 Å². The molecule has 2 atom stereocenters. The number of nitrogens with one attached hydrogen (secondary N) is 1. The number of amidine groups is 1. The number of halogens is 1. The van der Waals surface area contributed by atoms with Gasteiger partial charge >= 0.3 is 0 Å². The van der Waals surface area contributed by atoms with Gasteiger partial charge in [0.25, 0.3) is 0 Å². The molecule has 8 heteroatoms. The first-order chi connectivity index (χ1) is 14.0. The van der Waals surface area contributed by atoms with Crippen molar-refractivity contribution in [2.24, 2.45) is 17.8 Å². The second-order valence-corrected chi connectivity index (χ2v) is 12.7. The lowest BCUT2D eigenvalue weighted by atomic mass is 9.53. The minimum Gasteiger partial charge on any atom is -0.480 e. The highest BCUT2D eigenvalue weighted by molar-refractivity contribution is 7.92. The molecule has 6 nitrogen and oxygen atoms in total. The molecule has 30 heavy (non-hydrogen) atoms. The highest BCUT2D eigenvalue weighted by Crippen LogP contribution is 2.59. The third-order valence-electron chi connectivity index (χ3n) is 7.40. The van der Waals surface area contributed by atoms with Gasteiger partial charge in [0, 0.05) is 11.3 Å². The Morgan fingerprint density at radius 3 is 2.23 bits per heavy atom. The van der Waals surface area contributed by atoms with Crippen molar-refractivity contribution in [2.75, 3.05) is 13.4 Å². The molecule has 0 aliphatic heterocycles. The maximum absolute atomic E-state index is 12.6. The Hall–Kier alpha value is -1.31. The normalized spacial score (nSPS) is 32.8. The van der Waals surface area contributed by atoms with E-state index < -0.39 is 20.2 Å². The lowest BCUT2D eigenvalue weighted by Crippen LogP contribution is -2.65. The van der Waals surface area contributed by atoms with Crippen LogP contribution in [0.3, 0.4) is 0 Å². The van der Waals surface area contributed by atoms with Crippen LogP contribution in [0.5, 0.6) is 5.75 Å². The summed E-state index contributed by atoms with van der Waals surface area (Å²) in [4.78, 5) is 5.76. The Labute approximate surface area is 184 Å². The third-order valence-corrected chi connectivity index (χ3v) is 9.72. The van der Waals surface area contributed by atoms with Crippen LogP contribution in [0.4, 0.5) is 0 Å². The van der Waals surface area contributed by atoms with Crippen LogP contribution in [-0.4, -0.2) is 49.1 Å². The fourth-order valence-electron chi connectivity index (χ4n) is 6.23. The second-order valence-electron chi connectivity index (χ2n) is 9.84. The molecule has 2 unspecified atom stereocenters. The van der Waals surface area contributed by atoms with Crippen LogP contribution in [0.2, 0.25) is 5.02 Å². The summed E-state index contributed by atoms with van der Waals surface area (Å²) >= 11 is 5.96. The molecule has 5 rings (SSSR count). The first-order valence-corrected chi connectivity index (χ1v) is 12.8. The molecule has 0 radical (unpaired) electrons. The molecule has 0 heterocycles. The maximum Gasteiger partial charge on any atom is 0.165 e. The van der Waals surface area contributed by atoms with Gasteiger partial charge in [0.1, 0.15) is 5.75 Å². The Morgan fingerprint density at radius 1 is 1.17 bits per heavy atom. The van der Waals surface area contributed by atoms with Crippen molar-refractivity contribution in [1.29, 1.82) is 5.41 Å². The molecule has 0 spiro atoms. The SMILES string of the molecule is CON(C(=N)C(C)(C)Oc1ccc(Cl)cc1)C1C2CC3CC1CC(S(C)(=O)=O)(C3)C2. The van der Waals surface area contributed by atoms with E-state index in [1.54, 1.807) is 36.4 Å². The highest BCUT2D eigenvalue weighted by Gasteiger charge is 2.61. The molecule has 4 fully saturated rings.